The number of benzene rings is 2. The highest BCUT2D eigenvalue weighted by molar-refractivity contribution is 6.99. The number of carbonyl (C=O) groups excluding carboxylic acids is 3. The maximum Gasteiger partial charge on any atom is 0.343 e. The summed E-state index contributed by atoms with van der Waals surface area (Å²) in [6.07, 6.45) is -6.43. The zero-order valence-corrected chi connectivity index (χ0v) is 28.7. The van der Waals surface area contributed by atoms with Crippen LogP contribution >= 0.6 is 0 Å². The van der Waals surface area contributed by atoms with Crippen LogP contribution < -0.4 is 10.4 Å². The van der Waals surface area contributed by atoms with Gasteiger partial charge in [-0.1, -0.05) is 102 Å². The minimum Gasteiger partial charge on any atom is -0.459 e. The normalized spacial score (nSPS) is 43.3. The monoisotopic (exact) mass is 662 g/mol. The lowest BCUT2D eigenvalue weighted by molar-refractivity contribution is -0.239. The van der Waals surface area contributed by atoms with Crippen LogP contribution in [0.1, 0.15) is 54.9 Å². The molecule has 11 heteroatoms. The molecule has 10 nitrogen and oxygen atoms in total. The van der Waals surface area contributed by atoms with E-state index in [1.54, 1.807) is 0 Å². The molecule has 0 bridgehead atoms. The molecule has 2 aromatic rings. The van der Waals surface area contributed by atoms with Gasteiger partial charge in [-0.3, -0.25) is 4.79 Å². The second-order valence-electron chi connectivity index (χ2n) is 16.4. The van der Waals surface area contributed by atoms with Gasteiger partial charge < -0.3 is 33.6 Å². The molecule has 2 spiro atoms. The molecule has 4 saturated heterocycles. The van der Waals surface area contributed by atoms with E-state index in [0.717, 1.165) is 10.4 Å². The van der Waals surface area contributed by atoms with E-state index in [4.69, 9.17) is 23.4 Å². The fourth-order valence-corrected chi connectivity index (χ4v) is 15.8. The van der Waals surface area contributed by atoms with Crippen molar-refractivity contribution >= 4 is 36.6 Å². The molecule has 6 aliphatic rings. The molecule has 250 valence electrons. The maximum absolute atomic E-state index is 14.5. The largest absolute Gasteiger partial charge is 0.459 e. The first-order valence-corrected chi connectivity index (χ1v) is 18.4. The number of rotatable bonds is 4. The Hall–Kier alpha value is -3.09. The molecular weight excluding hydrogens is 620 g/mol. The van der Waals surface area contributed by atoms with Crippen molar-refractivity contribution in [3.8, 4) is 0 Å². The average molecular weight is 663 g/mol. The van der Waals surface area contributed by atoms with Crippen molar-refractivity contribution in [2.75, 3.05) is 0 Å². The first-order valence-electron chi connectivity index (χ1n) is 16.5. The summed E-state index contributed by atoms with van der Waals surface area (Å²) in [5, 5.41) is 26.5. The lowest BCUT2D eigenvalue weighted by Crippen LogP contribution is -2.72. The van der Waals surface area contributed by atoms with E-state index in [2.05, 4.69) is 20.8 Å². The molecule has 47 heavy (non-hydrogen) atoms. The van der Waals surface area contributed by atoms with Crippen molar-refractivity contribution in [3.05, 3.63) is 60.7 Å². The minimum atomic E-state index is -3.52. The molecule has 0 radical (unpaired) electrons. The molecule has 4 heterocycles. The number of hydrogen-bond acceptors (Lipinski definition) is 10. The van der Waals surface area contributed by atoms with Gasteiger partial charge in [0.05, 0.1) is 22.9 Å². The highest BCUT2D eigenvalue weighted by atomic mass is 28.4. The van der Waals surface area contributed by atoms with Crippen LogP contribution in [0.2, 0.25) is 5.04 Å². The van der Waals surface area contributed by atoms with Crippen LogP contribution in [0.5, 0.6) is 0 Å². The second kappa shape index (κ2) is 9.12. The zero-order valence-electron chi connectivity index (χ0n) is 27.7. The van der Waals surface area contributed by atoms with Gasteiger partial charge in [0.2, 0.25) is 11.9 Å². The van der Waals surface area contributed by atoms with Gasteiger partial charge in [-0.2, -0.15) is 0 Å². The Morgan fingerprint density at radius 1 is 0.851 bits per heavy atom. The predicted molar refractivity (Wildman–Crippen MR) is 168 cm³/mol. The fourth-order valence-electron chi connectivity index (χ4n) is 11.1. The van der Waals surface area contributed by atoms with E-state index in [9.17, 15) is 24.6 Å². The third-order valence-electron chi connectivity index (χ3n) is 12.7. The van der Waals surface area contributed by atoms with E-state index in [0.29, 0.717) is 0 Å². The molecule has 11 atom stereocenters. The Kier molecular flexibility index (Phi) is 6.05. The molecule has 8 rings (SSSR count). The Bertz CT molecular complexity index is 1650. The number of aliphatic hydroxyl groups excluding tert-OH is 1. The van der Waals surface area contributed by atoms with Gasteiger partial charge >= 0.3 is 17.9 Å². The van der Waals surface area contributed by atoms with Gasteiger partial charge in [-0.25, -0.2) is 9.59 Å². The summed E-state index contributed by atoms with van der Waals surface area (Å²) in [5.74, 6) is -4.14. The summed E-state index contributed by atoms with van der Waals surface area (Å²) >= 11 is 0. The molecule has 0 aromatic heterocycles. The number of carbonyl (C=O) groups is 3. The van der Waals surface area contributed by atoms with Crippen molar-refractivity contribution in [3.63, 3.8) is 0 Å². The lowest BCUT2D eigenvalue weighted by atomic mass is 9.51. The highest BCUT2D eigenvalue weighted by Crippen LogP contribution is 2.85. The number of esters is 3. The summed E-state index contributed by atoms with van der Waals surface area (Å²) in [5.41, 5.74) is -8.30. The van der Waals surface area contributed by atoms with E-state index < -0.39 is 101 Å². The van der Waals surface area contributed by atoms with Crippen LogP contribution in [0.3, 0.4) is 0 Å². The SMILES string of the molecule is C[C@@H]1C(=O)O[C@H]2[C@H](O[Si](c3ccccc3)(c3ccccc3)C(C)(C)C)C34[C@H]5C[C@@H](C(C)(C)C)C36[C@@H](OC(=O)[C@@H]6O)O[C@@]4(C(=O)O5)[C@@]12O. The van der Waals surface area contributed by atoms with Crippen molar-refractivity contribution < 1.29 is 48.0 Å². The van der Waals surface area contributed by atoms with Crippen LogP contribution in [0, 0.1) is 28.1 Å². The van der Waals surface area contributed by atoms with Crippen molar-refractivity contribution in [2.45, 2.75) is 102 Å². The molecule has 4 aliphatic heterocycles. The Labute approximate surface area is 274 Å². The molecule has 2 aliphatic carbocycles. The topological polar surface area (TPSA) is 138 Å². The van der Waals surface area contributed by atoms with Crippen LogP contribution in [-0.4, -0.2) is 78.3 Å². The van der Waals surface area contributed by atoms with E-state index in [1.165, 1.54) is 6.92 Å². The zero-order chi connectivity index (χ0) is 33.7. The highest BCUT2D eigenvalue weighted by Gasteiger charge is 3.04. The van der Waals surface area contributed by atoms with E-state index >= 15 is 0 Å². The molecular formula is C36H42O10Si. The van der Waals surface area contributed by atoms with Crippen LogP contribution in [-0.2, 0) is 37.8 Å². The van der Waals surface area contributed by atoms with Gasteiger partial charge in [0.15, 0.2) is 17.8 Å². The molecule has 2 N–H and O–H groups in total. The van der Waals surface area contributed by atoms with Gasteiger partial charge in [0.25, 0.3) is 8.32 Å². The van der Waals surface area contributed by atoms with Gasteiger partial charge in [-0.05, 0) is 40.1 Å². The standard InChI is InChI=1S/C36H42O10Si/c1-19-27(38)43-26-25(46-47(32(5,6)7,20-14-10-8-11-15-20)21-16-12-9-13-17-21)34-23-18-22(31(2,3)4)33(34)24(37)28(39)44-30(33)45-36(34,29(40)42-23)35(19,26)41/h8-17,19,22-26,30,37,41H,18H2,1-7H3/t19-,22+,23-,24+,25+,26+,30+,33?,34?,35-,36-/m1/s1. The number of hydrogen-bond donors (Lipinski definition) is 2. The summed E-state index contributed by atoms with van der Waals surface area (Å²) in [6.45, 7) is 13.8. The summed E-state index contributed by atoms with van der Waals surface area (Å²) in [7, 11) is -3.52. The average Bonchev–Trinajstić information content (AvgIpc) is 3.73. The first-order chi connectivity index (χ1) is 22.0. The lowest BCUT2D eigenvalue weighted by Gasteiger charge is -2.52. The molecule has 2 aromatic carbocycles. The molecule has 2 unspecified atom stereocenters. The molecule has 2 saturated carbocycles. The van der Waals surface area contributed by atoms with E-state index in [1.807, 2.05) is 81.4 Å². The summed E-state index contributed by atoms with van der Waals surface area (Å²) in [4.78, 5) is 41.5. The van der Waals surface area contributed by atoms with Crippen LogP contribution in [0.15, 0.2) is 60.7 Å². The quantitative estimate of drug-likeness (QED) is 0.285. The van der Waals surface area contributed by atoms with E-state index in [-0.39, 0.29) is 6.42 Å². The predicted octanol–water partition coefficient (Wildman–Crippen LogP) is 2.21. The number of fused-ring (bicyclic) bond motifs is 1. The van der Waals surface area contributed by atoms with Gasteiger partial charge in [0.1, 0.15) is 6.10 Å². The maximum atomic E-state index is 14.5. The van der Waals surface area contributed by atoms with Gasteiger partial charge in [-0.15, -0.1) is 0 Å². The van der Waals surface area contributed by atoms with Crippen LogP contribution in [0.25, 0.3) is 0 Å². The third kappa shape index (κ3) is 3.07. The fraction of sp³-hybridized carbons (Fsp3) is 0.583. The summed E-state index contributed by atoms with van der Waals surface area (Å²) in [6, 6.07) is 19.7. The van der Waals surface area contributed by atoms with Gasteiger partial charge in [0, 0.05) is 0 Å². The van der Waals surface area contributed by atoms with Crippen molar-refractivity contribution in [1.29, 1.82) is 0 Å². The number of ether oxygens (including phenoxy) is 4. The van der Waals surface area contributed by atoms with Crippen LogP contribution in [0.4, 0.5) is 0 Å². The Morgan fingerprint density at radius 3 is 1.96 bits per heavy atom. The summed E-state index contributed by atoms with van der Waals surface area (Å²) < 4.78 is 32.7. The smallest absolute Gasteiger partial charge is 0.343 e. The molecule has 6 fully saturated rings. The third-order valence-corrected chi connectivity index (χ3v) is 17.7. The molecule has 0 amide bonds. The minimum absolute atomic E-state index is 0.260. The Balaban J connectivity index is 1.49. The number of aliphatic hydroxyl groups is 2. The Morgan fingerprint density at radius 2 is 1.43 bits per heavy atom. The second-order valence-corrected chi connectivity index (χ2v) is 20.7. The van der Waals surface area contributed by atoms with Crippen molar-refractivity contribution in [1.82, 2.24) is 0 Å². The first kappa shape index (κ1) is 31.2. The van der Waals surface area contributed by atoms with Crippen molar-refractivity contribution in [2.24, 2.45) is 28.1 Å².